The van der Waals surface area contributed by atoms with Crippen LogP contribution in [0.15, 0.2) is 29.1 Å². The largest absolute Gasteiger partial charge is 0.362 e. The molecule has 0 atom stereocenters. The number of halogens is 1. The molecule has 0 spiro atoms. The molecule has 0 saturated carbocycles. The van der Waals surface area contributed by atoms with Gasteiger partial charge in [-0.05, 0) is 37.5 Å². The van der Waals surface area contributed by atoms with Gasteiger partial charge in [-0.3, -0.25) is 4.57 Å². The first kappa shape index (κ1) is 13.2. The van der Waals surface area contributed by atoms with Crippen LogP contribution in [0.5, 0.6) is 0 Å². The molecule has 1 aromatic heterocycles. The molecule has 4 nitrogen and oxygen atoms in total. The van der Waals surface area contributed by atoms with Crippen molar-refractivity contribution in [3.8, 4) is 0 Å². The van der Waals surface area contributed by atoms with Crippen molar-refractivity contribution in [2.24, 2.45) is 0 Å². The maximum Gasteiger partial charge on any atom is 0.354 e. The molecule has 0 radical (unpaired) electrons. The molecule has 5 heteroatoms. The summed E-state index contributed by atoms with van der Waals surface area (Å²) in [4.78, 5) is 18.5. The Morgan fingerprint density at radius 1 is 1.35 bits per heavy atom. The highest BCUT2D eigenvalue weighted by Gasteiger charge is 2.16. The number of nitrogens with zero attached hydrogens (tertiary/aromatic N) is 3. The summed E-state index contributed by atoms with van der Waals surface area (Å²) in [6.07, 6.45) is 5.11. The zero-order valence-electron chi connectivity index (χ0n) is 11.6. The van der Waals surface area contributed by atoms with Crippen LogP contribution in [-0.2, 0) is 0 Å². The van der Waals surface area contributed by atoms with Crippen LogP contribution < -0.4 is 10.6 Å². The SMILES string of the molecule is CN(C)c1nc(=O)n(C2=CCCC2)c2cc(Cl)ccc12. The smallest absolute Gasteiger partial charge is 0.354 e. The van der Waals surface area contributed by atoms with Gasteiger partial charge in [-0.15, -0.1) is 0 Å². The first-order valence-electron chi connectivity index (χ1n) is 6.67. The van der Waals surface area contributed by atoms with Crippen molar-refractivity contribution in [3.05, 3.63) is 39.8 Å². The Balaban J connectivity index is 2.40. The molecule has 1 heterocycles. The van der Waals surface area contributed by atoms with E-state index in [0.717, 1.165) is 35.9 Å². The van der Waals surface area contributed by atoms with Gasteiger partial charge >= 0.3 is 5.69 Å². The zero-order chi connectivity index (χ0) is 14.3. The minimum absolute atomic E-state index is 0.239. The Morgan fingerprint density at radius 3 is 2.80 bits per heavy atom. The molecule has 0 unspecified atom stereocenters. The van der Waals surface area contributed by atoms with Gasteiger partial charge < -0.3 is 4.90 Å². The molecule has 0 fully saturated rings. The molecular weight excluding hydrogens is 274 g/mol. The average Bonchev–Trinajstić information content (AvgIpc) is 2.90. The van der Waals surface area contributed by atoms with E-state index in [1.807, 2.05) is 37.2 Å². The van der Waals surface area contributed by atoms with Crippen molar-refractivity contribution in [1.29, 1.82) is 0 Å². The molecule has 3 rings (SSSR count). The molecule has 1 aromatic carbocycles. The highest BCUT2D eigenvalue weighted by Crippen LogP contribution is 2.29. The van der Waals surface area contributed by atoms with Gasteiger partial charge in [0.1, 0.15) is 5.82 Å². The van der Waals surface area contributed by atoms with E-state index in [9.17, 15) is 4.79 Å². The van der Waals surface area contributed by atoms with Crippen LogP contribution in [0.4, 0.5) is 5.82 Å². The number of anilines is 1. The fraction of sp³-hybridized carbons (Fsp3) is 0.333. The molecule has 104 valence electrons. The number of hydrogen-bond donors (Lipinski definition) is 0. The normalized spacial score (nSPS) is 14.7. The molecule has 0 saturated heterocycles. The number of benzene rings is 1. The summed E-state index contributed by atoms with van der Waals surface area (Å²) in [6, 6.07) is 5.59. The van der Waals surface area contributed by atoms with Gasteiger partial charge in [-0.1, -0.05) is 17.7 Å². The lowest BCUT2D eigenvalue weighted by molar-refractivity contribution is 0.881. The van der Waals surface area contributed by atoms with E-state index >= 15 is 0 Å². The van der Waals surface area contributed by atoms with Crippen LogP contribution in [0.1, 0.15) is 19.3 Å². The second kappa shape index (κ2) is 4.94. The van der Waals surface area contributed by atoms with Crippen LogP contribution >= 0.6 is 11.6 Å². The van der Waals surface area contributed by atoms with Crippen LogP contribution in [0.3, 0.4) is 0 Å². The number of fused-ring (bicyclic) bond motifs is 1. The van der Waals surface area contributed by atoms with E-state index in [2.05, 4.69) is 11.1 Å². The third-order valence-electron chi connectivity index (χ3n) is 3.56. The number of rotatable bonds is 2. The Kier molecular flexibility index (Phi) is 3.26. The van der Waals surface area contributed by atoms with Gasteiger partial charge in [0.15, 0.2) is 0 Å². The van der Waals surface area contributed by atoms with Gasteiger partial charge in [0.05, 0.1) is 5.52 Å². The molecule has 20 heavy (non-hydrogen) atoms. The lowest BCUT2D eigenvalue weighted by Gasteiger charge is -2.17. The maximum absolute atomic E-state index is 12.4. The fourth-order valence-electron chi connectivity index (χ4n) is 2.66. The summed E-state index contributed by atoms with van der Waals surface area (Å²) in [6.45, 7) is 0. The predicted octanol–water partition coefficient (Wildman–Crippen LogP) is 3.14. The second-order valence-electron chi connectivity index (χ2n) is 5.20. The second-order valence-corrected chi connectivity index (χ2v) is 5.63. The van der Waals surface area contributed by atoms with E-state index in [1.54, 1.807) is 4.57 Å². The molecule has 0 amide bonds. The van der Waals surface area contributed by atoms with Crippen molar-refractivity contribution < 1.29 is 0 Å². The van der Waals surface area contributed by atoms with Crippen molar-refractivity contribution in [2.45, 2.75) is 19.3 Å². The van der Waals surface area contributed by atoms with E-state index in [4.69, 9.17) is 11.6 Å². The molecule has 0 bridgehead atoms. The van der Waals surface area contributed by atoms with Crippen molar-refractivity contribution in [1.82, 2.24) is 9.55 Å². The highest BCUT2D eigenvalue weighted by atomic mass is 35.5. The van der Waals surface area contributed by atoms with Crippen LogP contribution in [0, 0.1) is 0 Å². The van der Waals surface area contributed by atoms with Crippen molar-refractivity contribution in [3.63, 3.8) is 0 Å². The topological polar surface area (TPSA) is 38.1 Å². The molecule has 2 aromatic rings. The number of allylic oxidation sites excluding steroid dienone is 2. The first-order chi connectivity index (χ1) is 9.58. The Morgan fingerprint density at radius 2 is 2.15 bits per heavy atom. The highest BCUT2D eigenvalue weighted by molar-refractivity contribution is 6.31. The number of aromatic nitrogens is 2. The third-order valence-corrected chi connectivity index (χ3v) is 3.80. The van der Waals surface area contributed by atoms with Gasteiger partial charge in [0.25, 0.3) is 0 Å². The summed E-state index contributed by atoms with van der Waals surface area (Å²) < 4.78 is 1.70. The minimum atomic E-state index is -0.239. The lowest BCUT2D eigenvalue weighted by atomic mass is 10.2. The van der Waals surface area contributed by atoms with Gasteiger partial charge in [0, 0.05) is 30.2 Å². The van der Waals surface area contributed by atoms with Crippen molar-refractivity contribution in [2.75, 3.05) is 19.0 Å². The lowest BCUT2D eigenvalue weighted by Crippen LogP contribution is -2.26. The first-order valence-corrected chi connectivity index (χ1v) is 7.05. The van der Waals surface area contributed by atoms with Crippen LogP contribution in [-0.4, -0.2) is 23.6 Å². The molecule has 1 aliphatic rings. The molecular formula is C15H16ClN3O. The van der Waals surface area contributed by atoms with E-state index in [-0.39, 0.29) is 5.69 Å². The van der Waals surface area contributed by atoms with Crippen molar-refractivity contribution >= 4 is 34.0 Å². The van der Waals surface area contributed by atoms with E-state index in [1.165, 1.54) is 0 Å². The molecule has 0 aliphatic heterocycles. The molecule has 0 N–H and O–H groups in total. The summed E-state index contributed by atoms with van der Waals surface area (Å²) in [5.41, 5.74) is 1.62. The Bertz CT molecular complexity index is 762. The maximum atomic E-state index is 12.4. The van der Waals surface area contributed by atoms with E-state index in [0.29, 0.717) is 10.8 Å². The Labute approximate surface area is 122 Å². The summed E-state index contributed by atoms with van der Waals surface area (Å²) in [7, 11) is 3.77. The monoisotopic (exact) mass is 289 g/mol. The third kappa shape index (κ3) is 2.10. The van der Waals surface area contributed by atoms with Gasteiger partial charge in [-0.25, -0.2) is 4.79 Å². The number of hydrogen-bond acceptors (Lipinski definition) is 3. The molecule has 1 aliphatic carbocycles. The zero-order valence-corrected chi connectivity index (χ0v) is 12.3. The summed E-state index contributed by atoms with van der Waals surface area (Å²) in [5, 5.41) is 1.56. The van der Waals surface area contributed by atoms with E-state index < -0.39 is 0 Å². The summed E-state index contributed by atoms with van der Waals surface area (Å²) >= 11 is 6.11. The Hall–Kier alpha value is -1.81. The quantitative estimate of drug-likeness (QED) is 0.852. The average molecular weight is 290 g/mol. The minimum Gasteiger partial charge on any atom is -0.362 e. The predicted molar refractivity (Wildman–Crippen MR) is 83.5 cm³/mol. The standard InChI is InChI=1S/C15H16ClN3O/c1-18(2)14-12-8-7-10(16)9-13(12)19(15(20)17-14)11-5-3-4-6-11/h5,7-9H,3-4,6H2,1-2H3. The fourth-order valence-corrected chi connectivity index (χ4v) is 2.82. The summed E-state index contributed by atoms with van der Waals surface area (Å²) in [5.74, 6) is 0.677. The van der Waals surface area contributed by atoms with Gasteiger partial charge in [0.2, 0.25) is 0 Å². The van der Waals surface area contributed by atoms with Crippen LogP contribution in [0.2, 0.25) is 5.02 Å². The van der Waals surface area contributed by atoms with Crippen LogP contribution in [0.25, 0.3) is 16.6 Å². The van der Waals surface area contributed by atoms with Gasteiger partial charge in [-0.2, -0.15) is 4.98 Å².